The summed E-state index contributed by atoms with van der Waals surface area (Å²) in [6.45, 7) is 0. The molecule has 0 aromatic heterocycles. The van der Waals surface area contributed by atoms with Crippen LogP contribution in [0.25, 0.3) is 0 Å². The van der Waals surface area contributed by atoms with Crippen molar-refractivity contribution in [3.63, 3.8) is 0 Å². The van der Waals surface area contributed by atoms with Gasteiger partial charge in [0.25, 0.3) is 5.24 Å². The Morgan fingerprint density at radius 2 is 2.25 bits per heavy atom. The van der Waals surface area contributed by atoms with Crippen molar-refractivity contribution in [1.29, 1.82) is 5.26 Å². The first kappa shape index (κ1) is 7.31. The van der Waals surface area contributed by atoms with Gasteiger partial charge < -0.3 is 4.90 Å². The normalized spacial score (nSPS) is 7.62. The Morgan fingerprint density at radius 3 is 2.38 bits per heavy atom. The van der Waals surface area contributed by atoms with Crippen molar-refractivity contribution < 1.29 is 4.79 Å². The first-order chi connectivity index (χ1) is 3.68. The Hall–Kier alpha value is -0.690. The molecule has 0 unspecified atom stereocenters. The zero-order chi connectivity index (χ0) is 6.57. The second-order valence-electron chi connectivity index (χ2n) is 1.35. The van der Waals surface area contributed by atoms with Crippen LogP contribution in [0.4, 0.5) is 4.79 Å². The molecule has 0 fully saturated rings. The van der Waals surface area contributed by atoms with E-state index in [-0.39, 0.29) is 5.24 Å². The predicted octanol–water partition coefficient (Wildman–Crippen LogP) is 0.882. The van der Waals surface area contributed by atoms with E-state index in [0.29, 0.717) is 11.8 Å². The number of hydrogen-bond donors (Lipinski definition) is 0. The van der Waals surface area contributed by atoms with E-state index in [4.69, 9.17) is 5.26 Å². The van der Waals surface area contributed by atoms with E-state index in [9.17, 15) is 4.79 Å². The molecule has 3 nitrogen and oxygen atoms in total. The van der Waals surface area contributed by atoms with E-state index in [0.717, 1.165) is 0 Å². The lowest BCUT2D eigenvalue weighted by Gasteiger charge is -2.03. The van der Waals surface area contributed by atoms with Gasteiger partial charge in [-0.05, 0) is 0 Å². The second-order valence-corrected chi connectivity index (χ2v) is 2.09. The minimum Gasteiger partial charge on any atom is -0.339 e. The minimum absolute atomic E-state index is 0.229. The van der Waals surface area contributed by atoms with Crippen LogP contribution in [-0.2, 0) is 0 Å². The third kappa shape index (κ3) is 2.48. The molecule has 0 spiro atoms. The lowest BCUT2D eigenvalue weighted by atomic mass is 11.0. The molecule has 0 aliphatic heterocycles. The van der Waals surface area contributed by atoms with Crippen LogP contribution in [0, 0.1) is 10.7 Å². The Kier molecular flexibility index (Phi) is 3.04. The third-order valence-electron chi connectivity index (χ3n) is 0.498. The number of hydrogen-bond acceptors (Lipinski definition) is 3. The van der Waals surface area contributed by atoms with E-state index in [1.54, 1.807) is 19.5 Å². The van der Waals surface area contributed by atoms with Crippen molar-refractivity contribution in [3.05, 3.63) is 0 Å². The summed E-state index contributed by atoms with van der Waals surface area (Å²) in [6, 6.07) is 0. The van der Waals surface area contributed by atoms with Crippen molar-refractivity contribution >= 4 is 17.0 Å². The molecule has 0 saturated carbocycles. The zero-order valence-electron chi connectivity index (χ0n) is 4.71. The minimum atomic E-state index is -0.229. The summed E-state index contributed by atoms with van der Waals surface area (Å²) in [5, 5.41) is 9.40. The summed E-state index contributed by atoms with van der Waals surface area (Å²) in [5.41, 5.74) is 0. The monoisotopic (exact) mass is 130 g/mol. The van der Waals surface area contributed by atoms with E-state index >= 15 is 0 Å². The fourth-order valence-corrected chi connectivity index (χ4v) is 0.391. The lowest BCUT2D eigenvalue weighted by Crippen LogP contribution is -2.15. The van der Waals surface area contributed by atoms with Gasteiger partial charge in [-0.15, -0.1) is 0 Å². The quantitative estimate of drug-likeness (QED) is 0.457. The standard InChI is InChI=1S/C4H6N2OS/c1-6(2)4(7)8-3-5/h1-2H3. The van der Waals surface area contributed by atoms with Gasteiger partial charge in [-0.3, -0.25) is 4.79 Å². The van der Waals surface area contributed by atoms with Gasteiger partial charge in [0.2, 0.25) is 0 Å². The second kappa shape index (κ2) is 3.33. The van der Waals surface area contributed by atoms with Crippen LogP contribution in [0.15, 0.2) is 0 Å². The summed E-state index contributed by atoms with van der Waals surface area (Å²) in [4.78, 5) is 11.8. The fraction of sp³-hybridized carbons (Fsp3) is 0.500. The Bertz CT molecular complexity index is 126. The molecule has 0 aromatic rings. The average Bonchev–Trinajstić information content (AvgIpc) is 1.67. The van der Waals surface area contributed by atoms with Crippen LogP contribution < -0.4 is 0 Å². The molecule has 4 heteroatoms. The molecule has 8 heavy (non-hydrogen) atoms. The first-order valence-corrected chi connectivity index (χ1v) is 2.77. The van der Waals surface area contributed by atoms with Gasteiger partial charge in [-0.25, -0.2) is 0 Å². The van der Waals surface area contributed by atoms with Crippen molar-refractivity contribution in [3.8, 4) is 5.40 Å². The van der Waals surface area contributed by atoms with Gasteiger partial charge in [0, 0.05) is 14.1 Å². The Balaban J connectivity index is 3.53. The van der Waals surface area contributed by atoms with Gasteiger partial charge in [0.05, 0.1) is 11.8 Å². The maximum Gasteiger partial charge on any atom is 0.295 e. The molecule has 0 rings (SSSR count). The van der Waals surface area contributed by atoms with Crippen molar-refractivity contribution in [2.24, 2.45) is 0 Å². The number of rotatable bonds is 0. The molecule has 0 aliphatic rings. The van der Waals surface area contributed by atoms with Crippen LogP contribution in [0.3, 0.4) is 0 Å². The van der Waals surface area contributed by atoms with Gasteiger partial charge in [0.15, 0.2) is 0 Å². The highest BCUT2D eigenvalue weighted by molar-refractivity contribution is 8.17. The predicted molar refractivity (Wildman–Crippen MR) is 32.3 cm³/mol. The number of amides is 1. The van der Waals surface area contributed by atoms with E-state index in [2.05, 4.69) is 0 Å². The summed E-state index contributed by atoms with van der Waals surface area (Å²) in [7, 11) is 3.21. The summed E-state index contributed by atoms with van der Waals surface area (Å²) in [5.74, 6) is 0. The Labute approximate surface area is 52.3 Å². The highest BCUT2D eigenvalue weighted by Gasteiger charge is 2.00. The van der Waals surface area contributed by atoms with Gasteiger partial charge in [-0.2, -0.15) is 5.26 Å². The zero-order valence-corrected chi connectivity index (χ0v) is 5.53. The lowest BCUT2D eigenvalue weighted by molar-refractivity contribution is 0.241. The third-order valence-corrected chi connectivity index (χ3v) is 1.13. The SMILES string of the molecule is CN(C)C(=O)SC#N. The molecule has 0 N–H and O–H groups in total. The number of nitriles is 1. The molecular formula is C4H6N2OS. The van der Waals surface area contributed by atoms with Gasteiger partial charge >= 0.3 is 0 Å². The van der Waals surface area contributed by atoms with Crippen molar-refractivity contribution in [1.82, 2.24) is 4.90 Å². The first-order valence-electron chi connectivity index (χ1n) is 1.95. The van der Waals surface area contributed by atoms with Crippen LogP contribution in [0.1, 0.15) is 0 Å². The molecule has 0 radical (unpaired) electrons. The number of thiocyanates is 1. The highest BCUT2D eigenvalue weighted by atomic mass is 32.2. The molecule has 0 saturated heterocycles. The van der Waals surface area contributed by atoms with Gasteiger partial charge in [0.1, 0.15) is 5.40 Å². The average molecular weight is 130 g/mol. The van der Waals surface area contributed by atoms with Gasteiger partial charge in [-0.1, -0.05) is 0 Å². The van der Waals surface area contributed by atoms with Crippen LogP contribution in [0.5, 0.6) is 0 Å². The molecule has 0 atom stereocenters. The summed E-state index contributed by atoms with van der Waals surface area (Å²) < 4.78 is 0. The molecule has 0 bridgehead atoms. The van der Waals surface area contributed by atoms with Crippen LogP contribution in [-0.4, -0.2) is 24.2 Å². The highest BCUT2D eigenvalue weighted by Crippen LogP contribution is 2.00. The van der Waals surface area contributed by atoms with Crippen LogP contribution in [0.2, 0.25) is 0 Å². The van der Waals surface area contributed by atoms with E-state index < -0.39 is 0 Å². The molecule has 1 amide bonds. The molecule has 44 valence electrons. The van der Waals surface area contributed by atoms with Crippen molar-refractivity contribution in [2.75, 3.05) is 14.1 Å². The van der Waals surface area contributed by atoms with E-state index in [1.807, 2.05) is 0 Å². The van der Waals surface area contributed by atoms with E-state index in [1.165, 1.54) is 4.90 Å². The maximum absolute atomic E-state index is 10.4. The summed E-state index contributed by atoms with van der Waals surface area (Å²) in [6.07, 6.45) is 0. The molecular weight excluding hydrogens is 124 g/mol. The maximum atomic E-state index is 10.4. The number of carbonyl (C=O) groups excluding carboxylic acids is 1. The Morgan fingerprint density at radius 1 is 1.75 bits per heavy atom. The van der Waals surface area contributed by atoms with Crippen molar-refractivity contribution in [2.45, 2.75) is 0 Å². The fourth-order valence-electron chi connectivity index (χ4n) is 0.130. The molecule has 0 aliphatic carbocycles. The molecule has 0 heterocycles. The number of nitrogens with zero attached hydrogens (tertiary/aromatic N) is 2. The molecule has 0 aromatic carbocycles. The topological polar surface area (TPSA) is 44.1 Å². The van der Waals surface area contributed by atoms with Crippen LogP contribution >= 0.6 is 11.8 Å². The largest absolute Gasteiger partial charge is 0.339 e. The number of carbonyl (C=O) groups is 1. The number of thioether (sulfide) groups is 1. The smallest absolute Gasteiger partial charge is 0.295 e. The summed E-state index contributed by atoms with van der Waals surface area (Å²) >= 11 is 0.632.